The van der Waals surface area contributed by atoms with Crippen LogP contribution in [0, 0.1) is 0 Å². The van der Waals surface area contributed by atoms with Crippen molar-refractivity contribution < 1.29 is 17.6 Å². The molecule has 134 valence electrons. The van der Waals surface area contributed by atoms with E-state index in [4.69, 9.17) is 9.15 Å². The second-order valence-corrected chi connectivity index (χ2v) is 9.49. The lowest BCUT2D eigenvalue weighted by molar-refractivity contribution is -0.118. The van der Waals surface area contributed by atoms with Crippen molar-refractivity contribution in [3.63, 3.8) is 0 Å². The van der Waals surface area contributed by atoms with Crippen molar-refractivity contribution in [1.82, 2.24) is 9.62 Å². The van der Waals surface area contributed by atoms with E-state index in [0.29, 0.717) is 6.54 Å². The molecule has 1 aromatic rings. The molecular formula is C17H26N2O4S. The highest BCUT2D eigenvalue weighted by Gasteiger charge is 2.43. The summed E-state index contributed by atoms with van der Waals surface area (Å²) < 4.78 is 38.6. The van der Waals surface area contributed by atoms with Gasteiger partial charge in [-0.05, 0) is 50.7 Å². The summed E-state index contributed by atoms with van der Waals surface area (Å²) in [5, 5.41) is -0.162. The molecule has 2 atom stereocenters. The summed E-state index contributed by atoms with van der Waals surface area (Å²) in [5.41, 5.74) is -0.111. The Kier molecular flexibility index (Phi) is 4.45. The lowest BCUT2D eigenvalue weighted by Gasteiger charge is -2.38. The standard InChI is InChI=1S/C17H26N2O4S/c20-24(21,16-5-6-16)18-11-14-3-1-7-17(23-14)8-9-19(13-17)12-15-4-2-10-22-15/h2,4,10,14,16,18H,1,3,5-9,11-13H2/t14-,17-/m0/s1. The van der Waals surface area contributed by atoms with Gasteiger partial charge in [-0.25, -0.2) is 13.1 Å². The molecule has 0 radical (unpaired) electrons. The van der Waals surface area contributed by atoms with Crippen LogP contribution < -0.4 is 4.72 Å². The molecule has 3 fully saturated rings. The van der Waals surface area contributed by atoms with Crippen LogP contribution in [-0.2, 0) is 21.3 Å². The first-order chi connectivity index (χ1) is 11.5. The Morgan fingerprint density at radius 1 is 1.29 bits per heavy atom. The van der Waals surface area contributed by atoms with Crippen LogP contribution in [-0.4, -0.2) is 49.9 Å². The first-order valence-electron chi connectivity index (χ1n) is 8.96. The Balaban J connectivity index is 1.31. The normalized spacial score (nSPS) is 31.8. The summed E-state index contributed by atoms with van der Waals surface area (Å²) in [4.78, 5) is 2.37. The lowest BCUT2D eigenvalue weighted by Crippen LogP contribution is -2.47. The molecule has 2 saturated heterocycles. The first-order valence-corrected chi connectivity index (χ1v) is 10.5. The van der Waals surface area contributed by atoms with E-state index in [1.165, 1.54) is 0 Å². The quantitative estimate of drug-likeness (QED) is 0.844. The molecule has 4 rings (SSSR count). The zero-order valence-electron chi connectivity index (χ0n) is 13.9. The average molecular weight is 354 g/mol. The van der Waals surface area contributed by atoms with Crippen molar-refractivity contribution in [2.75, 3.05) is 19.6 Å². The number of furan rings is 1. The Bertz CT molecular complexity index is 656. The number of ether oxygens (including phenoxy) is 1. The minimum absolute atomic E-state index is 0.00385. The summed E-state index contributed by atoms with van der Waals surface area (Å²) >= 11 is 0. The van der Waals surface area contributed by atoms with Gasteiger partial charge < -0.3 is 9.15 Å². The molecule has 1 aliphatic carbocycles. The van der Waals surface area contributed by atoms with Gasteiger partial charge in [0.2, 0.25) is 10.0 Å². The Labute approximate surface area is 143 Å². The Morgan fingerprint density at radius 2 is 2.17 bits per heavy atom. The van der Waals surface area contributed by atoms with E-state index in [0.717, 1.165) is 63.9 Å². The van der Waals surface area contributed by atoms with Crippen molar-refractivity contribution in [1.29, 1.82) is 0 Å². The Morgan fingerprint density at radius 3 is 2.92 bits per heavy atom. The van der Waals surface area contributed by atoms with E-state index in [1.807, 2.05) is 12.1 Å². The fourth-order valence-electron chi connectivity index (χ4n) is 3.96. The molecule has 1 spiro atoms. The van der Waals surface area contributed by atoms with Gasteiger partial charge in [0.15, 0.2) is 0 Å². The largest absolute Gasteiger partial charge is 0.468 e. The topological polar surface area (TPSA) is 71.8 Å². The fourth-order valence-corrected chi connectivity index (χ4v) is 5.37. The van der Waals surface area contributed by atoms with E-state index in [9.17, 15) is 8.42 Å². The summed E-state index contributed by atoms with van der Waals surface area (Å²) in [7, 11) is -3.12. The summed E-state index contributed by atoms with van der Waals surface area (Å²) in [6, 6.07) is 3.92. The molecule has 0 bridgehead atoms. The van der Waals surface area contributed by atoms with Crippen LogP contribution in [0.15, 0.2) is 22.8 Å². The molecule has 6 nitrogen and oxygen atoms in total. The third-order valence-electron chi connectivity index (χ3n) is 5.41. The van der Waals surface area contributed by atoms with Crippen molar-refractivity contribution in [2.45, 2.75) is 62.0 Å². The molecule has 0 aromatic carbocycles. The second kappa shape index (κ2) is 6.44. The van der Waals surface area contributed by atoms with Crippen molar-refractivity contribution in [2.24, 2.45) is 0 Å². The van der Waals surface area contributed by atoms with Crippen LogP contribution in [0.3, 0.4) is 0 Å². The summed E-state index contributed by atoms with van der Waals surface area (Å²) in [6.07, 6.45) is 7.42. The van der Waals surface area contributed by atoms with Gasteiger partial charge in [0.1, 0.15) is 5.76 Å². The van der Waals surface area contributed by atoms with Gasteiger partial charge in [0.25, 0.3) is 0 Å². The minimum atomic E-state index is -3.12. The zero-order chi connectivity index (χ0) is 16.6. The van der Waals surface area contributed by atoms with Crippen molar-refractivity contribution in [3.05, 3.63) is 24.2 Å². The number of hydrogen-bond acceptors (Lipinski definition) is 5. The molecule has 24 heavy (non-hydrogen) atoms. The molecule has 1 aromatic heterocycles. The predicted molar refractivity (Wildman–Crippen MR) is 90.0 cm³/mol. The molecule has 1 saturated carbocycles. The monoisotopic (exact) mass is 354 g/mol. The minimum Gasteiger partial charge on any atom is -0.468 e. The second-order valence-electron chi connectivity index (χ2n) is 7.45. The number of nitrogens with zero attached hydrogens (tertiary/aromatic N) is 1. The number of likely N-dealkylation sites (tertiary alicyclic amines) is 1. The lowest BCUT2D eigenvalue weighted by atomic mass is 9.90. The highest BCUT2D eigenvalue weighted by atomic mass is 32.2. The van der Waals surface area contributed by atoms with Gasteiger partial charge in [0.05, 0.1) is 29.8 Å². The van der Waals surface area contributed by atoms with E-state index < -0.39 is 10.0 Å². The van der Waals surface area contributed by atoms with Crippen LogP contribution in [0.2, 0.25) is 0 Å². The first kappa shape index (κ1) is 16.6. The number of sulfonamides is 1. The molecule has 0 amide bonds. The van der Waals surface area contributed by atoms with Crippen molar-refractivity contribution in [3.8, 4) is 0 Å². The highest BCUT2D eigenvalue weighted by Crippen LogP contribution is 2.37. The molecule has 3 heterocycles. The van der Waals surface area contributed by atoms with Crippen LogP contribution in [0.25, 0.3) is 0 Å². The SMILES string of the molecule is O=S(=O)(NC[C@@H]1CCC[C@@]2(CCN(Cc3ccco3)C2)O1)C1CC1. The maximum Gasteiger partial charge on any atom is 0.214 e. The van der Waals surface area contributed by atoms with E-state index in [-0.39, 0.29) is 17.0 Å². The smallest absolute Gasteiger partial charge is 0.214 e. The van der Waals surface area contributed by atoms with Crippen LogP contribution in [0.5, 0.6) is 0 Å². The number of hydrogen-bond donors (Lipinski definition) is 1. The zero-order valence-corrected chi connectivity index (χ0v) is 14.8. The van der Waals surface area contributed by atoms with Crippen LogP contribution in [0.4, 0.5) is 0 Å². The van der Waals surface area contributed by atoms with E-state index >= 15 is 0 Å². The predicted octanol–water partition coefficient (Wildman–Crippen LogP) is 1.87. The van der Waals surface area contributed by atoms with Crippen LogP contribution in [0.1, 0.15) is 44.3 Å². The van der Waals surface area contributed by atoms with Gasteiger partial charge >= 0.3 is 0 Å². The molecule has 1 N–H and O–H groups in total. The van der Waals surface area contributed by atoms with Crippen LogP contribution >= 0.6 is 0 Å². The van der Waals surface area contributed by atoms with Crippen molar-refractivity contribution >= 4 is 10.0 Å². The third-order valence-corrected chi connectivity index (χ3v) is 7.32. The molecule has 0 unspecified atom stereocenters. The fraction of sp³-hybridized carbons (Fsp3) is 0.765. The van der Waals surface area contributed by atoms with Gasteiger partial charge in [-0.3, -0.25) is 4.90 Å². The third kappa shape index (κ3) is 3.69. The average Bonchev–Trinajstić information content (AvgIpc) is 3.20. The Hall–Kier alpha value is -0.890. The van der Waals surface area contributed by atoms with E-state index in [2.05, 4.69) is 9.62 Å². The number of rotatable bonds is 6. The van der Waals surface area contributed by atoms with Gasteiger partial charge in [-0.15, -0.1) is 0 Å². The van der Waals surface area contributed by atoms with E-state index in [1.54, 1.807) is 6.26 Å². The maximum absolute atomic E-state index is 12.0. The molecular weight excluding hydrogens is 328 g/mol. The summed E-state index contributed by atoms with van der Waals surface area (Å²) in [6.45, 7) is 3.14. The number of nitrogens with one attached hydrogen (secondary N) is 1. The van der Waals surface area contributed by atoms with Gasteiger partial charge in [-0.2, -0.15) is 0 Å². The van der Waals surface area contributed by atoms with Gasteiger partial charge in [-0.1, -0.05) is 0 Å². The molecule has 2 aliphatic heterocycles. The molecule has 3 aliphatic rings. The highest BCUT2D eigenvalue weighted by molar-refractivity contribution is 7.90. The maximum atomic E-state index is 12.0. The van der Waals surface area contributed by atoms with Gasteiger partial charge in [0, 0.05) is 19.6 Å². The molecule has 7 heteroatoms. The summed E-state index contributed by atoms with van der Waals surface area (Å²) in [5.74, 6) is 0.983.